The summed E-state index contributed by atoms with van der Waals surface area (Å²) in [7, 11) is 0. The third-order valence-electron chi connectivity index (χ3n) is 3.55. The highest BCUT2D eigenvalue weighted by Gasteiger charge is 2.23. The number of anilines is 1. The maximum atomic E-state index is 12.1. The van der Waals surface area contributed by atoms with E-state index in [1.807, 2.05) is 18.7 Å². The van der Waals surface area contributed by atoms with Gasteiger partial charge in [-0.2, -0.15) is 0 Å². The number of nitrogens with one attached hydrogen (secondary N) is 1. The number of hydrogen-bond acceptors (Lipinski definition) is 5. The second-order valence-corrected chi connectivity index (χ2v) is 5.76. The molecule has 0 aliphatic carbocycles. The summed E-state index contributed by atoms with van der Waals surface area (Å²) in [6.45, 7) is 7.27. The minimum Gasteiger partial charge on any atom is -0.373 e. The molecule has 1 saturated heterocycles. The lowest BCUT2D eigenvalue weighted by Gasteiger charge is -2.34. The number of carbonyl (C=O) groups excluding carboxylic acids is 1. The van der Waals surface area contributed by atoms with Crippen molar-refractivity contribution in [2.75, 3.05) is 25.0 Å². The first-order chi connectivity index (χ1) is 10.3. The smallest absolute Gasteiger partial charge is 0.274 e. The van der Waals surface area contributed by atoms with Crippen molar-refractivity contribution in [3.05, 3.63) is 33.9 Å². The third-order valence-corrected chi connectivity index (χ3v) is 3.55. The summed E-state index contributed by atoms with van der Waals surface area (Å²) >= 11 is 0. The maximum Gasteiger partial charge on any atom is 0.274 e. The van der Waals surface area contributed by atoms with E-state index in [2.05, 4.69) is 5.32 Å². The van der Waals surface area contributed by atoms with Crippen LogP contribution in [0.15, 0.2) is 18.2 Å². The number of nitrogens with zero attached hydrogens (tertiary/aromatic N) is 2. The van der Waals surface area contributed by atoms with Gasteiger partial charge in [0.15, 0.2) is 0 Å². The highest BCUT2D eigenvalue weighted by molar-refractivity contribution is 5.92. The van der Waals surface area contributed by atoms with E-state index in [9.17, 15) is 14.9 Å². The van der Waals surface area contributed by atoms with Crippen molar-refractivity contribution in [3.63, 3.8) is 0 Å². The standard InChI is InChI=1S/C15H21N3O4/c1-10-4-5-13(6-14(10)18(20)21)16-15(19)9-17-7-11(2)22-12(3)8-17/h4-6,11-12H,7-9H2,1-3H3,(H,16,19)/t11-,12-/m1/s1. The SMILES string of the molecule is Cc1ccc(NC(=O)CN2C[C@@H](C)O[C@H](C)C2)cc1[N+](=O)[O-]. The van der Waals surface area contributed by atoms with Crippen LogP contribution in [0.5, 0.6) is 0 Å². The fraction of sp³-hybridized carbons (Fsp3) is 0.533. The van der Waals surface area contributed by atoms with Crippen LogP contribution in [0.4, 0.5) is 11.4 Å². The van der Waals surface area contributed by atoms with Crippen molar-refractivity contribution in [3.8, 4) is 0 Å². The van der Waals surface area contributed by atoms with Crippen LogP contribution in [0.2, 0.25) is 0 Å². The molecule has 2 rings (SSSR count). The van der Waals surface area contributed by atoms with Crippen LogP contribution in [0.25, 0.3) is 0 Å². The summed E-state index contributed by atoms with van der Waals surface area (Å²) in [4.78, 5) is 24.6. The number of hydrogen-bond donors (Lipinski definition) is 1. The highest BCUT2D eigenvalue weighted by atomic mass is 16.6. The van der Waals surface area contributed by atoms with Gasteiger partial charge in [0, 0.05) is 30.4 Å². The summed E-state index contributed by atoms with van der Waals surface area (Å²) in [6, 6.07) is 4.69. The second kappa shape index (κ2) is 6.85. The van der Waals surface area contributed by atoms with Crippen molar-refractivity contribution >= 4 is 17.3 Å². The molecule has 1 N–H and O–H groups in total. The Labute approximate surface area is 129 Å². The summed E-state index contributed by atoms with van der Waals surface area (Å²) in [6.07, 6.45) is 0.189. The molecule has 7 heteroatoms. The van der Waals surface area contributed by atoms with Gasteiger partial charge in [-0.15, -0.1) is 0 Å². The fourth-order valence-electron chi connectivity index (χ4n) is 2.70. The molecule has 0 aromatic heterocycles. The molecule has 0 bridgehead atoms. The Morgan fingerprint density at radius 3 is 2.64 bits per heavy atom. The van der Waals surface area contributed by atoms with Gasteiger partial charge in [-0.3, -0.25) is 19.8 Å². The van der Waals surface area contributed by atoms with Gasteiger partial charge in [0.25, 0.3) is 5.69 Å². The molecule has 1 aliphatic rings. The lowest BCUT2D eigenvalue weighted by molar-refractivity contribution is -0.385. The van der Waals surface area contributed by atoms with E-state index in [1.54, 1.807) is 19.1 Å². The van der Waals surface area contributed by atoms with Gasteiger partial charge in [-0.05, 0) is 26.8 Å². The van der Waals surface area contributed by atoms with Crippen LogP contribution in [0, 0.1) is 17.0 Å². The van der Waals surface area contributed by atoms with Gasteiger partial charge in [-0.1, -0.05) is 6.07 Å². The van der Waals surface area contributed by atoms with Gasteiger partial charge in [0.2, 0.25) is 5.91 Å². The molecular weight excluding hydrogens is 286 g/mol. The Morgan fingerprint density at radius 1 is 1.41 bits per heavy atom. The van der Waals surface area contributed by atoms with Gasteiger partial charge < -0.3 is 10.1 Å². The number of ether oxygens (including phenoxy) is 1. The zero-order chi connectivity index (χ0) is 16.3. The van der Waals surface area contributed by atoms with E-state index in [0.717, 1.165) is 0 Å². The quantitative estimate of drug-likeness (QED) is 0.679. The number of nitro groups is 1. The second-order valence-electron chi connectivity index (χ2n) is 5.76. The Kier molecular flexibility index (Phi) is 5.10. The van der Waals surface area contributed by atoms with Crippen LogP contribution in [-0.4, -0.2) is 47.6 Å². The minimum atomic E-state index is -0.448. The summed E-state index contributed by atoms with van der Waals surface area (Å²) in [5, 5.41) is 13.6. The molecule has 120 valence electrons. The molecule has 1 fully saturated rings. The van der Waals surface area contributed by atoms with Crippen molar-refractivity contribution in [2.45, 2.75) is 33.0 Å². The van der Waals surface area contributed by atoms with E-state index < -0.39 is 4.92 Å². The Morgan fingerprint density at radius 2 is 2.05 bits per heavy atom. The molecule has 1 aromatic rings. The Balaban J connectivity index is 1.97. The number of aryl methyl sites for hydroxylation is 1. The average Bonchev–Trinajstić information content (AvgIpc) is 2.39. The van der Waals surface area contributed by atoms with Crippen LogP contribution >= 0.6 is 0 Å². The van der Waals surface area contributed by atoms with Crippen LogP contribution in [0.1, 0.15) is 19.4 Å². The third kappa shape index (κ3) is 4.25. The zero-order valence-electron chi connectivity index (χ0n) is 13.0. The molecular formula is C15H21N3O4. The van der Waals surface area contributed by atoms with Gasteiger partial charge >= 0.3 is 0 Å². The summed E-state index contributed by atoms with van der Waals surface area (Å²) in [5.41, 5.74) is 1.02. The predicted molar refractivity (Wildman–Crippen MR) is 82.9 cm³/mol. The molecule has 22 heavy (non-hydrogen) atoms. The predicted octanol–water partition coefficient (Wildman–Crippen LogP) is 1.95. The number of rotatable bonds is 4. The topological polar surface area (TPSA) is 84.7 Å². The number of amides is 1. The average molecular weight is 307 g/mol. The van der Waals surface area contributed by atoms with E-state index in [4.69, 9.17) is 4.74 Å². The molecule has 1 aliphatic heterocycles. The normalized spacial score (nSPS) is 22.3. The first-order valence-corrected chi connectivity index (χ1v) is 7.28. The number of nitro benzene ring substituents is 1. The summed E-state index contributed by atoms with van der Waals surface area (Å²) in [5.74, 6) is -0.181. The van der Waals surface area contributed by atoms with E-state index in [1.165, 1.54) is 6.07 Å². The molecule has 1 aromatic carbocycles. The molecule has 0 unspecified atom stereocenters. The van der Waals surface area contributed by atoms with Crippen molar-refractivity contribution in [1.29, 1.82) is 0 Å². The van der Waals surface area contributed by atoms with Crippen molar-refractivity contribution in [1.82, 2.24) is 4.90 Å². The highest BCUT2D eigenvalue weighted by Crippen LogP contribution is 2.22. The molecule has 0 saturated carbocycles. The van der Waals surface area contributed by atoms with Crippen LogP contribution in [-0.2, 0) is 9.53 Å². The van der Waals surface area contributed by atoms with Gasteiger partial charge in [-0.25, -0.2) is 0 Å². The molecule has 1 heterocycles. The molecule has 7 nitrogen and oxygen atoms in total. The maximum absolute atomic E-state index is 12.1. The van der Waals surface area contributed by atoms with Gasteiger partial charge in [0.05, 0.1) is 23.7 Å². The zero-order valence-corrected chi connectivity index (χ0v) is 13.0. The largest absolute Gasteiger partial charge is 0.373 e. The number of benzene rings is 1. The minimum absolute atomic E-state index is 0.00594. The fourth-order valence-corrected chi connectivity index (χ4v) is 2.70. The van der Waals surface area contributed by atoms with Crippen molar-refractivity contribution in [2.24, 2.45) is 0 Å². The first-order valence-electron chi connectivity index (χ1n) is 7.28. The molecule has 2 atom stereocenters. The van der Waals surface area contributed by atoms with E-state index >= 15 is 0 Å². The Hall–Kier alpha value is -1.99. The lowest BCUT2D eigenvalue weighted by atomic mass is 10.2. The first kappa shape index (κ1) is 16.4. The molecule has 0 spiro atoms. The van der Waals surface area contributed by atoms with Crippen LogP contribution in [0.3, 0.4) is 0 Å². The number of morpholine rings is 1. The van der Waals surface area contributed by atoms with E-state index in [-0.39, 0.29) is 30.3 Å². The number of carbonyl (C=O) groups is 1. The molecule has 1 amide bonds. The van der Waals surface area contributed by atoms with Crippen LogP contribution < -0.4 is 5.32 Å². The van der Waals surface area contributed by atoms with Gasteiger partial charge in [0.1, 0.15) is 0 Å². The molecule has 0 radical (unpaired) electrons. The summed E-state index contributed by atoms with van der Waals surface area (Å²) < 4.78 is 5.62. The van der Waals surface area contributed by atoms with Crippen molar-refractivity contribution < 1.29 is 14.5 Å². The lowest BCUT2D eigenvalue weighted by Crippen LogP contribution is -2.48. The monoisotopic (exact) mass is 307 g/mol. The van der Waals surface area contributed by atoms with E-state index in [0.29, 0.717) is 24.3 Å². The Bertz CT molecular complexity index is 566.